The lowest BCUT2D eigenvalue weighted by Crippen LogP contribution is -2.42. The fraction of sp³-hybridized carbons (Fsp3) is 0. The van der Waals surface area contributed by atoms with Crippen molar-refractivity contribution in [3.05, 3.63) is 29.8 Å². The normalized spacial score (nSPS) is 9.13. The number of nitrogens with two attached hydrogens (primary N) is 1. The molecule has 80 valence electrons. The van der Waals surface area contributed by atoms with Crippen LogP contribution in [0.2, 0.25) is 0 Å². The van der Waals surface area contributed by atoms with Crippen LogP contribution in [0.1, 0.15) is 10.4 Å². The van der Waals surface area contributed by atoms with Crippen LogP contribution in [0.15, 0.2) is 24.3 Å². The molecule has 1 aromatic rings. The maximum absolute atomic E-state index is 10.7. The number of carboxylic acids is 1. The molecule has 0 aliphatic heterocycles. The van der Waals surface area contributed by atoms with Gasteiger partial charge >= 0.3 is 12.0 Å². The third-order valence-electron chi connectivity index (χ3n) is 1.60. The Morgan fingerprint density at radius 3 is 2.53 bits per heavy atom. The average Bonchev–Trinajstić information content (AvgIpc) is 2.26. The molecule has 0 aliphatic rings. The molecule has 1 aromatic carbocycles. The number of para-hydroxylation sites is 1. The molecule has 6 N–H and O–H groups in total. The number of benzene rings is 1. The maximum Gasteiger partial charge on any atom is 0.347 e. The Morgan fingerprint density at radius 2 is 1.93 bits per heavy atom. The molecule has 0 spiro atoms. The predicted octanol–water partition coefficient (Wildman–Crippen LogP) is -0.115. The van der Waals surface area contributed by atoms with E-state index in [1.54, 1.807) is 12.1 Å². The van der Waals surface area contributed by atoms with Crippen LogP contribution in [-0.2, 0) is 0 Å². The summed E-state index contributed by atoms with van der Waals surface area (Å²) in [4.78, 5) is 21.5. The summed E-state index contributed by atoms with van der Waals surface area (Å²) in [6.45, 7) is 0. The lowest BCUT2D eigenvalue weighted by molar-refractivity contribution is 0.0697. The topological polar surface area (TPSA) is 116 Å². The smallest absolute Gasteiger partial charge is 0.347 e. The number of aromatic carboxylic acids is 1. The fourth-order valence-corrected chi connectivity index (χ4v) is 0.939. The number of carbonyl (C=O) groups is 2. The van der Waals surface area contributed by atoms with Gasteiger partial charge in [-0.2, -0.15) is 0 Å². The molecule has 7 heteroatoms. The number of carbonyl (C=O) groups excluding carboxylic acids is 1. The van der Waals surface area contributed by atoms with E-state index in [4.69, 9.17) is 10.9 Å². The van der Waals surface area contributed by atoms with Gasteiger partial charge in [0.2, 0.25) is 0 Å². The zero-order valence-corrected chi connectivity index (χ0v) is 7.65. The summed E-state index contributed by atoms with van der Waals surface area (Å²) >= 11 is 0. The molecule has 0 saturated heterocycles. The van der Waals surface area contributed by atoms with Crippen molar-refractivity contribution in [1.29, 1.82) is 0 Å². The van der Waals surface area contributed by atoms with E-state index in [0.717, 1.165) is 0 Å². The van der Waals surface area contributed by atoms with Crippen LogP contribution in [0.25, 0.3) is 0 Å². The first-order chi connectivity index (χ1) is 7.15. The highest BCUT2D eigenvalue weighted by Crippen LogP contribution is 2.13. The SMILES string of the molecule is NNC(=O)NNc1ccccc1C(=O)O. The van der Waals surface area contributed by atoms with E-state index in [1.165, 1.54) is 12.1 Å². The zero-order valence-electron chi connectivity index (χ0n) is 7.65. The highest BCUT2D eigenvalue weighted by atomic mass is 16.4. The molecule has 0 aromatic heterocycles. The van der Waals surface area contributed by atoms with E-state index in [1.807, 2.05) is 5.43 Å². The molecule has 0 fully saturated rings. The van der Waals surface area contributed by atoms with Crippen LogP contribution in [0.4, 0.5) is 10.5 Å². The third kappa shape index (κ3) is 2.85. The van der Waals surface area contributed by atoms with Gasteiger partial charge in [-0.15, -0.1) is 0 Å². The first kappa shape index (κ1) is 10.8. The Balaban J connectivity index is 2.76. The summed E-state index contributed by atoms with van der Waals surface area (Å²) in [5.41, 5.74) is 6.72. The van der Waals surface area contributed by atoms with Crippen molar-refractivity contribution < 1.29 is 14.7 Å². The summed E-state index contributed by atoms with van der Waals surface area (Å²) in [5, 5.41) is 8.80. The van der Waals surface area contributed by atoms with E-state index >= 15 is 0 Å². The lowest BCUT2D eigenvalue weighted by Gasteiger charge is -2.09. The van der Waals surface area contributed by atoms with Gasteiger partial charge in [-0.3, -0.25) is 16.3 Å². The Hall–Kier alpha value is -2.28. The van der Waals surface area contributed by atoms with Crippen LogP contribution in [0, 0.1) is 0 Å². The number of rotatable bonds is 3. The number of urea groups is 1. The third-order valence-corrected chi connectivity index (χ3v) is 1.60. The summed E-state index contributed by atoms with van der Waals surface area (Å²) in [7, 11) is 0. The first-order valence-corrected chi connectivity index (χ1v) is 4.00. The number of nitrogens with one attached hydrogen (secondary N) is 3. The molecule has 0 heterocycles. The van der Waals surface area contributed by atoms with Crippen LogP contribution in [0.5, 0.6) is 0 Å². The number of amides is 2. The van der Waals surface area contributed by atoms with Gasteiger partial charge in [0.1, 0.15) is 0 Å². The monoisotopic (exact) mass is 210 g/mol. The second-order valence-electron chi connectivity index (χ2n) is 2.57. The Morgan fingerprint density at radius 1 is 1.27 bits per heavy atom. The van der Waals surface area contributed by atoms with Crippen LogP contribution in [0.3, 0.4) is 0 Å². The minimum atomic E-state index is -1.09. The Kier molecular flexibility index (Phi) is 3.47. The molecule has 0 aliphatic carbocycles. The van der Waals surface area contributed by atoms with Gasteiger partial charge in [0.05, 0.1) is 11.3 Å². The van der Waals surface area contributed by atoms with Crippen molar-refractivity contribution >= 4 is 17.7 Å². The summed E-state index contributed by atoms with van der Waals surface area (Å²) in [6.07, 6.45) is 0. The van der Waals surface area contributed by atoms with Crippen LogP contribution in [-0.4, -0.2) is 17.1 Å². The van der Waals surface area contributed by atoms with Crippen LogP contribution >= 0.6 is 0 Å². The Bertz CT molecular complexity index is 380. The van der Waals surface area contributed by atoms with Crippen molar-refractivity contribution in [1.82, 2.24) is 10.9 Å². The molecule has 7 nitrogen and oxygen atoms in total. The molecule has 1 rings (SSSR count). The molecule has 0 radical (unpaired) electrons. The molecular formula is C8H10N4O3. The molecular weight excluding hydrogens is 200 g/mol. The molecule has 2 amide bonds. The average molecular weight is 210 g/mol. The Labute approximate surface area is 85.2 Å². The number of anilines is 1. The van der Waals surface area contributed by atoms with Crippen LogP contribution < -0.4 is 22.1 Å². The van der Waals surface area contributed by atoms with Gasteiger partial charge in [0, 0.05) is 0 Å². The van der Waals surface area contributed by atoms with Gasteiger partial charge in [-0.25, -0.2) is 15.4 Å². The van der Waals surface area contributed by atoms with Crippen molar-refractivity contribution in [2.75, 3.05) is 5.43 Å². The van der Waals surface area contributed by atoms with E-state index in [2.05, 4.69) is 10.9 Å². The minimum absolute atomic E-state index is 0.0508. The quantitative estimate of drug-likeness (QED) is 0.271. The molecule has 0 unspecified atom stereocenters. The van der Waals surface area contributed by atoms with Crippen molar-refractivity contribution in [2.45, 2.75) is 0 Å². The first-order valence-electron chi connectivity index (χ1n) is 4.00. The van der Waals surface area contributed by atoms with Crippen molar-refractivity contribution in [3.63, 3.8) is 0 Å². The van der Waals surface area contributed by atoms with E-state index in [9.17, 15) is 9.59 Å². The van der Waals surface area contributed by atoms with Gasteiger partial charge in [0.25, 0.3) is 0 Å². The lowest BCUT2D eigenvalue weighted by atomic mass is 10.2. The zero-order chi connectivity index (χ0) is 11.3. The number of hydrogen-bond acceptors (Lipinski definition) is 4. The fourth-order valence-electron chi connectivity index (χ4n) is 0.939. The second-order valence-corrected chi connectivity index (χ2v) is 2.57. The number of hydrogen-bond donors (Lipinski definition) is 5. The molecule has 0 atom stereocenters. The highest BCUT2D eigenvalue weighted by molar-refractivity contribution is 5.94. The largest absolute Gasteiger partial charge is 0.478 e. The number of hydrazine groups is 2. The standard InChI is InChI=1S/C8H10N4O3/c9-10-8(15)12-11-6-4-2-1-3-5(6)7(13)14/h1-4,11H,9H2,(H,13,14)(H2,10,12,15). The summed E-state index contributed by atoms with van der Waals surface area (Å²) < 4.78 is 0. The van der Waals surface area contributed by atoms with E-state index in [-0.39, 0.29) is 11.3 Å². The molecule has 0 saturated carbocycles. The van der Waals surface area contributed by atoms with Crippen molar-refractivity contribution in [2.24, 2.45) is 5.84 Å². The van der Waals surface area contributed by atoms with Gasteiger partial charge in [0.15, 0.2) is 0 Å². The number of carboxylic acid groups (broad SMARTS) is 1. The molecule has 0 bridgehead atoms. The van der Waals surface area contributed by atoms with Gasteiger partial charge in [-0.05, 0) is 12.1 Å². The molecule has 15 heavy (non-hydrogen) atoms. The van der Waals surface area contributed by atoms with E-state index in [0.29, 0.717) is 0 Å². The second kappa shape index (κ2) is 4.82. The van der Waals surface area contributed by atoms with Gasteiger partial charge < -0.3 is 5.11 Å². The van der Waals surface area contributed by atoms with E-state index < -0.39 is 12.0 Å². The summed E-state index contributed by atoms with van der Waals surface area (Å²) in [5.74, 6) is 3.73. The highest BCUT2D eigenvalue weighted by Gasteiger charge is 2.08. The predicted molar refractivity (Wildman–Crippen MR) is 52.9 cm³/mol. The minimum Gasteiger partial charge on any atom is -0.478 e. The maximum atomic E-state index is 10.7. The summed E-state index contributed by atoms with van der Waals surface area (Å²) in [6, 6.07) is 5.47. The van der Waals surface area contributed by atoms with Gasteiger partial charge in [-0.1, -0.05) is 12.1 Å². The van der Waals surface area contributed by atoms with Crippen molar-refractivity contribution in [3.8, 4) is 0 Å².